The molecular weight excluding hydrogens is 196 g/mol. The van der Waals surface area contributed by atoms with E-state index in [-0.39, 0.29) is 0 Å². The first-order chi connectivity index (χ1) is 6.72. The monoisotopic (exact) mass is 216 g/mol. The van der Waals surface area contributed by atoms with Crippen LogP contribution in [0.25, 0.3) is 0 Å². The molecule has 3 nitrogen and oxygen atoms in total. The molecule has 4 heteroatoms. The van der Waals surface area contributed by atoms with Crippen LogP contribution in [0.5, 0.6) is 0 Å². The van der Waals surface area contributed by atoms with Gasteiger partial charge in [0.1, 0.15) is 0 Å². The molecule has 1 saturated carbocycles. The molecule has 0 aromatic heterocycles. The Morgan fingerprint density at radius 1 is 1.43 bits per heavy atom. The lowest BCUT2D eigenvalue weighted by Crippen LogP contribution is -2.31. The summed E-state index contributed by atoms with van der Waals surface area (Å²) >= 11 is 0. The van der Waals surface area contributed by atoms with Crippen LogP contribution < -0.4 is 5.73 Å². The fraction of sp³-hybridized carbons (Fsp3) is 1.00. The maximum atomic E-state index is 11.8. The molecule has 2 rings (SSSR count). The summed E-state index contributed by atoms with van der Waals surface area (Å²) in [5.74, 6) is 2.16. The Labute approximate surface area is 88.6 Å². The van der Waals surface area contributed by atoms with Gasteiger partial charge in [-0.3, -0.25) is 0 Å². The normalized spacial score (nSPS) is 40.0. The molecule has 4 unspecified atom stereocenters. The van der Waals surface area contributed by atoms with Crippen molar-refractivity contribution in [2.75, 3.05) is 18.8 Å². The van der Waals surface area contributed by atoms with E-state index in [9.17, 15) is 4.21 Å². The fourth-order valence-electron chi connectivity index (χ4n) is 2.74. The third kappa shape index (κ3) is 1.88. The van der Waals surface area contributed by atoms with Crippen LogP contribution in [0, 0.1) is 11.8 Å². The smallest absolute Gasteiger partial charge is 0.0942 e. The van der Waals surface area contributed by atoms with Crippen molar-refractivity contribution in [3.63, 3.8) is 0 Å². The third-order valence-corrected chi connectivity index (χ3v) is 5.18. The van der Waals surface area contributed by atoms with Crippen LogP contribution in [0.15, 0.2) is 0 Å². The summed E-state index contributed by atoms with van der Waals surface area (Å²) in [5, 5.41) is 0. The number of fused-ring (bicyclic) bond motifs is 1. The van der Waals surface area contributed by atoms with Crippen LogP contribution >= 0.6 is 0 Å². The van der Waals surface area contributed by atoms with Crippen LogP contribution in [-0.2, 0) is 11.0 Å². The van der Waals surface area contributed by atoms with E-state index in [1.54, 1.807) is 0 Å². The average molecular weight is 216 g/mol. The van der Waals surface area contributed by atoms with Gasteiger partial charge in [0.15, 0.2) is 0 Å². The highest BCUT2D eigenvalue weighted by Gasteiger charge is 2.42. The molecule has 0 radical (unpaired) electrons. The molecule has 82 valence electrons. The quantitative estimate of drug-likeness (QED) is 0.756. The van der Waals surface area contributed by atoms with Gasteiger partial charge in [0, 0.05) is 24.9 Å². The van der Waals surface area contributed by atoms with Crippen molar-refractivity contribution in [2.45, 2.75) is 32.2 Å². The zero-order chi connectivity index (χ0) is 10.1. The molecule has 1 aliphatic carbocycles. The van der Waals surface area contributed by atoms with Crippen LogP contribution in [0.3, 0.4) is 0 Å². The minimum atomic E-state index is -0.742. The fourth-order valence-corrected chi connectivity index (χ4v) is 4.04. The highest BCUT2D eigenvalue weighted by atomic mass is 32.2. The number of hydrogen-bond acceptors (Lipinski definition) is 2. The Bertz CT molecular complexity index is 234. The van der Waals surface area contributed by atoms with Crippen LogP contribution in [-0.4, -0.2) is 33.4 Å². The molecule has 1 saturated heterocycles. The van der Waals surface area contributed by atoms with Crippen molar-refractivity contribution < 1.29 is 4.21 Å². The van der Waals surface area contributed by atoms with Crippen molar-refractivity contribution in [3.05, 3.63) is 0 Å². The average Bonchev–Trinajstić information content (AvgIpc) is 2.69. The Kier molecular flexibility index (Phi) is 3.24. The van der Waals surface area contributed by atoms with E-state index in [1.165, 1.54) is 12.8 Å². The molecule has 14 heavy (non-hydrogen) atoms. The van der Waals surface area contributed by atoms with Gasteiger partial charge in [-0.2, -0.15) is 0 Å². The predicted octanol–water partition coefficient (Wildman–Crippen LogP) is 0.729. The van der Waals surface area contributed by atoms with Gasteiger partial charge in [0.2, 0.25) is 0 Å². The molecule has 0 aromatic carbocycles. The standard InChI is InChI=1S/C10H20N2OS/c1-2-5-14(13)12-6-8-3-4-10(11)9(8)7-12/h8-10H,2-7,11H2,1H3. The topological polar surface area (TPSA) is 46.3 Å². The molecule has 2 fully saturated rings. The Balaban J connectivity index is 1.92. The maximum Gasteiger partial charge on any atom is 0.0942 e. The lowest BCUT2D eigenvalue weighted by molar-refractivity contribution is 0.442. The lowest BCUT2D eigenvalue weighted by Gasteiger charge is -2.16. The molecule has 0 amide bonds. The molecule has 0 aromatic rings. The van der Waals surface area contributed by atoms with Crippen LogP contribution in [0.1, 0.15) is 26.2 Å². The van der Waals surface area contributed by atoms with Gasteiger partial charge in [-0.05, 0) is 31.1 Å². The SMILES string of the molecule is CCCS(=O)N1CC2CCC(N)C2C1. The highest BCUT2D eigenvalue weighted by molar-refractivity contribution is 7.82. The van der Waals surface area contributed by atoms with E-state index >= 15 is 0 Å². The zero-order valence-corrected chi connectivity index (χ0v) is 9.63. The summed E-state index contributed by atoms with van der Waals surface area (Å²) in [6.45, 7) is 4.07. The predicted molar refractivity (Wildman–Crippen MR) is 59.1 cm³/mol. The summed E-state index contributed by atoms with van der Waals surface area (Å²) in [7, 11) is -0.742. The van der Waals surface area contributed by atoms with E-state index in [4.69, 9.17) is 5.73 Å². The molecule has 0 bridgehead atoms. The van der Waals surface area contributed by atoms with Gasteiger partial charge in [-0.1, -0.05) is 6.92 Å². The summed E-state index contributed by atoms with van der Waals surface area (Å²) in [5.41, 5.74) is 6.03. The Morgan fingerprint density at radius 2 is 2.21 bits per heavy atom. The van der Waals surface area contributed by atoms with Gasteiger partial charge >= 0.3 is 0 Å². The summed E-state index contributed by atoms with van der Waals surface area (Å²) in [6.07, 6.45) is 3.42. The van der Waals surface area contributed by atoms with Crippen molar-refractivity contribution in [1.82, 2.24) is 4.31 Å². The molecular formula is C10H20N2OS. The van der Waals surface area contributed by atoms with E-state index in [0.717, 1.165) is 31.2 Å². The van der Waals surface area contributed by atoms with Gasteiger partial charge in [0.05, 0.1) is 11.0 Å². The molecule has 4 atom stereocenters. The Morgan fingerprint density at radius 3 is 2.86 bits per heavy atom. The van der Waals surface area contributed by atoms with Gasteiger partial charge in [0.25, 0.3) is 0 Å². The first kappa shape index (κ1) is 10.6. The summed E-state index contributed by atoms with van der Waals surface area (Å²) < 4.78 is 13.9. The third-order valence-electron chi connectivity index (χ3n) is 3.55. The molecule has 1 aliphatic heterocycles. The van der Waals surface area contributed by atoms with E-state index in [1.807, 2.05) is 0 Å². The van der Waals surface area contributed by atoms with E-state index in [2.05, 4.69) is 11.2 Å². The molecule has 0 spiro atoms. The summed E-state index contributed by atoms with van der Waals surface area (Å²) in [4.78, 5) is 0. The maximum absolute atomic E-state index is 11.8. The molecule has 2 N–H and O–H groups in total. The van der Waals surface area contributed by atoms with E-state index < -0.39 is 11.0 Å². The first-order valence-corrected chi connectivity index (χ1v) is 6.89. The second-order valence-electron chi connectivity index (χ2n) is 4.54. The largest absolute Gasteiger partial charge is 0.327 e. The second-order valence-corrected chi connectivity index (χ2v) is 6.11. The number of nitrogens with zero attached hydrogens (tertiary/aromatic N) is 1. The Hall–Kier alpha value is 0.0700. The van der Waals surface area contributed by atoms with Crippen LogP contribution in [0.2, 0.25) is 0 Å². The lowest BCUT2D eigenvalue weighted by atomic mass is 9.98. The number of hydrogen-bond donors (Lipinski definition) is 1. The van der Waals surface area contributed by atoms with E-state index in [0.29, 0.717) is 12.0 Å². The highest BCUT2D eigenvalue weighted by Crippen LogP contribution is 2.37. The summed E-state index contributed by atoms with van der Waals surface area (Å²) in [6, 6.07) is 0.364. The van der Waals surface area contributed by atoms with Gasteiger partial charge < -0.3 is 5.73 Å². The molecule has 2 aliphatic rings. The van der Waals surface area contributed by atoms with Crippen molar-refractivity contribution >= 4 is 11.0 Å². The minimum Gasteiger partial charge on any atom is -0.327 e. The number of rotatable bonds is 3. The first-order valence-electron chi connectivity index (χ1n) is 5.61. The zero-order valence-electron chi connectivity index (χ0n) is 8.82. The van der Waals surface area contributed by atoms with Crippen molar-refractivity contribution in [1.29, 1.82) is 0 Å². The van der Waals surface area contributed by atoms with Crippen molar-refractivity contribution in [2.24, 2.45) is 17.6 Å². The number of nitrogens with two attached hydrogens (primary N) is 1. The van der Waals surface area contributed by atoms with Crippen molar-refractivity contribution in [3.8, 4) is 0 Å². The van der Waals surface area contributed by atoms with Crippen LogP contribution in [0.4, 0.5) is 0 Å². The van der Waals surface area contributed by atoms with Gasteiger partial charge in [-0.15, -0.1) is 0 Å². The second kappa shape index (κ2) is 4.29. The minimum absolute atomic E-state index is 0.364. The van der Waals surface area contributed by atoms with Gasteiger partial charge in [-0.25, -0.2) is 8.51 Å². The molecule has 1 heterocycles.